The highest BCUT2D eigenvalue weighted by atomic mass is 35.5. The molecule has 0 N–H and O–H groups in total. The van der Waals surface area contributed by atoms with Crippen molar-refractivity contribution in [2.24, 2.45) is 0 Å². The molecule has 2 rings (SSSR count). The van der Waals surface area contributed by atoms with Crippen molar-refractivity contribution < 1.29 is 14.3 Å². The average Bonchev–Trinajstić information content (AvgIpc) is 2.50. The summed E-state index contributed by atoms with van der Waals surface area (Å²) in [4.78, 5) is 23.3. The fourth-order valence-corrected chi connectivity index (χ4v) is 1.79. The summed E-state index contributed by atoms with van der Waals surface area (Å²) in [6.07, 6.45) is 1.29. The molecule has 0 aliphatic rings. The van der Waals surface area contributed by atoms with Crippen LogP contribution in [0.25, 0.3) is 5.69 Å². The predicted octanol–water partition coefficient (Wildman–Crippen LogP) is 1.83. The summed E-state index contributed by atoms with van der Waals surface area (Å²) in [5, 5.41) is 3.84. The van der Waals surface area contributed by atoms with Gasteiger partial charge in [-0.2, -0.15) is 9.78 Å². The van der Waals surface area contributed by atoms with Gasteiger partial charge in [-0.3, -0.25) is 4.79 Å². The van der Waals surface area contributed by atoms with Gasteiger partial charge in [0.25, 0.3) is 5.56 Å². The van der Waals surface area contributed by atoms with Gasteiger partial charge in [-0.15, -0.1) is 0 Å². The maximum Gasteiger partial charge on any atom is 0.344 e. The van der Waals surface area contributed by atoms with Gasteiger partial charge in [0.1, 0.15) is 0 Å². The van der Waals surface area contributed by atoms with Gasteiger partial charge in [0.05, 0.1) is 18.5 Å². The molecule has 0 unspecified atom stereocenters. The molecule has 0 aliphatic heterocycles. The molecule has 1 aromatic heterocycles. The minimum atomic E-state index is -0.541. The summed E-state index contributed by atoms with van der Waals surface area (Å²) in [6, 6.07) is 8.84. The number of halogens is 1. The van der Waals surface area contributed by atoms with Crippen molar-refractivity contribution in [1.82, 2.24) is 9.78 Å². The molecule has 0 fully saturated rings. The fourth-order valence-electron chi connectivity index (χ4n) is 1.61. The number of hydrogen-bond donors (Lipinski definition) is 0. The molecule has 1 aromatic carbocycles. The van der Waals surface area contributed by atoms with Gasteiger partial charge in [0.2, 0.25) is 0 Å². The molecule has 7 heteroatoms. The topological polar surface area (TPSA) is 70.4 Å². The highest BCUT2D eigenvalue weighted by Gasteiger charge is 2.13. The molecule has 0 radical (unpaired) electrons. The van der Waals surface area contributed by atoms with E-state index in [9.17, 15) is 9.59 Å². The summed E-state index contributed by atoms with van der Waals surface area (Å²) in [5.41, 5.74) is 0.0607. The second-order valence-corrected chi connectivity index (χ2v) is 4.35. The van der Waals surface area contributed by atoms with Crippen LogP contribution in [0.15, 0.2) is 41.3 Å². The smallest absolute Gasteiger partial charge is 0.344 e. The van der Waals surface area contributed by atoms with E-state index in [0.717, 1.165) is 4.68 Å². The quantitative estimate of drug-likeness (QED) is 0.788. The zero-order valence-corrected chi connectivity index (χ0v) is 12.0. The lowest BCUT2D eigenvalue weighted by molar-refractivity contribution is -0.145. The molecule has 0 spiro atoms. The number of rotatable bonds is 5. The van der Waals surface area contributed by atoms with Gasteiger partial charge in [0, 0.05) is 0 Å². The lowest BCUT2D eigenvalue weighted by atomic mass is 10.3. The maximum atomic E-state index is 12.1. The van der Waals surface area contributed by atoms with Crippen LogP contribution < -0.4 is 10.3 Å². The summed E-state index contributed by atoms with van der Waals surface area (Å²) >= 11 is 5.96. The first-order valence-electron chi connectivity index (χ1n) is 6.25. The van der Waals surface area contributed by atoms with Gasteiger partial charge in [0.15, 0.2) is 17.4 Å². The van der Waals surface area contributed by atoms with Gasteiger partial charge in [-0.05, 0) is 19.1 Å². The molecule has 1 heterocycles. The Morgan fingerprint density at radius 3 is 2.71 bits per heavy atom. The van der Waals surface area contributed by atoms with Crippen molar-refractivity contribution in [1.29, 1.82) is 0 Å². The number of aromatic nitrogens is 2. The van der Waals surface area contributed by atoms with Crippen molar-refractivity contribution in [2.75, 3.05) is 13.2 Å². The Bertz CT molecular complexity index is 685. The summed E-state index contributed by atoms with van der Waals surface area (Å²) in [7, 11) is 0. The van der Waals surface area contributed by atoms with Crippen molar-refractivity contribution in [2.45, 2.75) is 6.92 Å². The predicted molar refractivity (Wildman–Crippen MR) is 77.0 cm³/mol. The van der Waals surface area contributed by atoms with Crippen molar-refractivity contribution in [3.63, 3.8) is 0 Å². The Balaban J connectivity index is 2.22. The van der Waals surface area contributed by atoms with E-state index in [2.05, 4.69) is 5.10 Å². The van der Waals surface area contributed by atoms with Gasteiger partial charge in [-0.1, -0.05) is 29.8 Å². The molecule has 110 valence electrons. The largest absolute Gasteiger partial charge is 0.478 e. The monoisotopic (exact) mass is 308 g/mol. The SMILES string of the molecule is CCOC(=O)COc1cnn(-c2ccccc2)c(=O)c1Cl. The molecule has 0 amide bonds. The third-order valence-electron chi connectivity index (χ3n) is 2.54. The van der Waals surface area contributed by atoms with E-state index < -0.39 is 11.5 Å². The zero-order chi connectivity index (χ0) is 15.2. The normalized spacial score (nSPS) is 10.2. The van der Waals surface area contributed by atoms with E-state index in [0.29, 0.717) is 5.69 Å². The van der Waals surface area contributed by atoms with Crippen LogP contribution in [-0.4, -0.2) is 29.0 Å². The Hall–Kier alpha value is -2.34. The highest BCUT2D eigenvalue weighted by Crippen LogP contribution is 2.19. The maximum absolute atomic E-state index is 12.1. The first kappa shape index (κ1) is 15.1. The van der Waals surface area contributed by atoms with E-state index in [1.54, 1.807) is 31.2 Å². The molecule has 0 bridgehead atoms. The van der Waals surface area contributed by atoms with Crippen LogP contribution >= 0.6 is 11.6 Å². The van der Waals surface area contributed by atoms with Crippen molar-refractivity contribution >= 4 is 17.6 Å². The van der Waals surface area contributed by atoms with Crippen molar-refractivity contribution in [3.05, 3.63) is 51.9 Å². The van der Waals surface area contributed by atoms with Crippen LogP contribution in [0.5, 0.6) is 5.75 Å². The lowest BCUT2D eigenvalue weighted by Crippen LogP contribution is -2.23. The second kappa shape index (κ2) is 6.90. The summed E-state index contributed by atoms with van der Waals surface area (Å²) in [6.45, 7) is 1.61. The number of carbonyl (C=O) groups excluding carboxylic acids is 1. The number of nitrogens with zero attached hydrogens (tertiary/aromatic N) is 2. The van der Waals surface area contributed by atoms with Gasteiger partial charge in [-0.25, -0.2) is 4.79 Å². The van der Waals surface area contributed by atoms with E-state index in [1.165, 1.54) is 6.20 Å². The fraction of sp³-hybridized carbons (Fsp3) is 0.214. The van der Waals surface area contributed by atoms with Crippen LogP contribution in [-0.2, 0) is 9.53 Å². The number of benzene rings is 1. The van der Waals surface area contributed by atoms with E-state index in [4.69, 9.17) is 21.1 Å². The van der Waals surface area contributed by atoms with Crippen LogP contribution in [0.4, 0.5) is 0 Å². The average molecular weight is 309 g/mol. The van der Waals surface area contributed by atoms with E-state index in [1.807, 2.05) is 6.07 Å². The Morgan fingerprint density at radius 2 is 2.05 bits per heavy atom. The number of esters is 1. The third kappa shape index (κ3) is 3.61. The Kier molecular flexibility index (Phi) is 4.94. The number of ether oxygens (including phenoxy) is 2. The first-order chi connectivity index (χ1) is 10.1. The van der Waals surface area contributed by atoms with Crippen molar-refractivity contribution in [3.8, 4) is 11.4 Å². The lowest BCUT2D eigenvalue weighted by Gasteiger charge is -2.09. The van der Waals surface area contributed by atoms with Crippen LogP contribution in [0.3, 0.4) is 0 Å². The van der Waals surface area contributed by atoms with Crippen LogP contribution in [0.1, 0.15) is 6.92 Å². The molecule has 0 saturated heterocycles. The molecule has 6 nitrogen and oxygen atoms in total. The van der Waals surface area contributed by atoms with Crippen LogP contribution in [0, 0.1) is 0 Å². The van der Waals surface area contributed by atoms with Gasteiger partial charge < -0.3 is 9.47 Å². The second-order valence-electron chi connectivity index (χ2n) is 3.97. The van der Waals surface area contributed by atoms with E-state index >= 15 is 0 Å². The summed E-state index contributed by atoms with van der Waals surface area (Å²) < 4.78 is 11.0. The number of para-hydroxylation sites is 1. The molecule has 0 saturated carbocycles. The zero-order valence-electron chi connectivity index (χ0n) is 11.3. The standard InChI is InChI=1S/C14H13ClN2O4/c1-2-20-12(18)9-21-11-8-16-17(14(19)13(11)15)10-6-4-3-5-7-10/h3-8H,2,9H2,1H3. The first-order valence-corrected chi connectivity index (χ1v) is 6.63. The summed E-state index contributed by atoms with van der Waals surface area (Å²) in [5.74, 6) is -0.497. The van der Waals surface area contributed by atoms with Crippen LogP contribution in [0.2, 0.25) is 5.02 Å². The number of carbonyl (C=O) groups is 1. The molecular formula is C14H13ClN2O4. The van der Waals surface area contributed by atoms with E-state index in [-0.39, 0.29) is 24.0 Å². The highest BCUT2D eigenvalue weighted by molar-refractivity contribution is 6.31. The molecular weight excluding hydrogens is 296 g/mol. The Labute approximate surface area is 125 Å². The molecule has 21 heavy (non-hydrogen) atoms. The molecule has 2 aromatic rings. The minimum Gasteiger partial charge on any atom is -0.478 e. The third-order valence-corrected chi connectivity index (χ3v) is 2.89. The molecule has 0 atom stereocenters. The van der Waals surface area contributed by atoms with Gasteiger partial charge >= 0.3 is 5.97 Å². The number of hydrogen-bond acceptors (Lipinski definition) is 5. The Morgan fingerprint density at radius 1 is 1.33 bits per heavy atom. The molecule has 0 aliphatic carbocycles. The minimum absolute atomic E-state index is 0.0434.